The van der Waals surface area contributed by atoms with Gasteiger partial charge in [0.25, 0.3) is 0 Å². The van der Waals surface area contributed by atoms with Gasteiger partial charge in [0.2, 0.25) is 0 Å². The maximum absolute atomic E-state index is 11.9. The van der Waals surface area contributed by atoms with Crippen molar-refractivity contribution in [2.45, 2.75) is 12.6 Å². The molecule has 0 aliphatic heterocycles. The van der Waals surface area contributed by atoms with Gasteiger partial charge >= 0.3 is 7.60 Å². The molecule has 2 rings (SSSR count). The first kappa shape index (κ1) is 19.7. The van der Waals surface area contributed by atoms with Crippen molar-refractivity contribution in [2.24, 2.45) is 0 Å². The Morgan fingerprint density at radius 1 is 1.28 bits per heavy atom. The van der Waals surface area contributed by atoms with Crippen LogP contribution in [0.1, 0.15) is 0 Å². The fourth-order valence-electron chi connectivity index (χ4n) is 2.09. The summed E-state index contributed by atoms with van der Waals surface area (Å²) in [5.74, 6) is 0.277. The molecule has 3 N–H and O–H groups in total. The predicted octanol–water partition coefficient (Wildman–Crippen LogP) is 0.246. The summed E-state index contributed by atoms with van der Waals surface area (Å²) in [6.45, 7) is 0.732. The van der Waals surface area contributed by atoms with E-state index in [2.05, 4.69) is 15.0 Å². The standard InChI is InChI=1S/C13H22N5O6P/c1-21-3-4-24-25(19,20)9-23-10(6-22-2)5-18-8-17-11-12(14)15-7-16-13(11)18/h7-8,10H,3-6,9H2,1-2H3,(H,19,20)(H2,14,15,16)/t10-/m1/s1. The molecule has 2 atom stereocenters. The van der Waals surface area contributed by atoms with Crippen LogP contribution < -0.4 is 5.73 Å². The lowest BCUT2D eigenvalue weighted by Gasteiger charge is -2.20. The first-order valence-corrected chi connectivity index (χ1v) is 9.20. The number of methoxy groups -OCH3 is 2. The van der Waals surface area contributed by atoms with Gasteiger partial charge in [0.1, 0.15) is 18.2 Å². The molecular weight excluding hydrogens is 353 g/mol. The molecule has 140 valence electrons. The van der Waals surface area contributed by atoms with Crippen LogP contribution in [0.4, 0.5) is 5.82 Å². The first-order chi connectivity index (χ1) is 12.0. The molecule has 0 bridgehead atoms. The van der Waals surface area contributed by atoms with E-state index in [4.69, 9.17) is 24.5 Å². The van der Waals surface area contributed by atoms with Crippen LogP contribution in [0.25, 0.3) is 11.2 Å². The summed E-state index contributed by atoms with van der Waals surface area (Å²) < 4.78 is 33.9. The van der Waals surface area contributed by atoms with Crippen LogP contribution in [-0.4, -0.2) is 70.9 Å². The Morgan fingerprint density at radius 3 is 2.80 bits per heavy atom. The second kappa shape index (κ2) is 9.18. The molecule has 12 heteroatoms. The minimum atomic E-state index is -3.87. The molecule has 25 heavy (non-hydrogen) atoms. The van der Waals surface area contributed by atoms with Crippen molar-refractivity contribution in [3.05, 3.63) is 12.7 Å². The number of fused-ring (bicyclic) bond motifs is 1. The van der Waals surface area contributed by atoms with Gasteiger partial charge in [-0.15, -0.1) is 0 Å². The van der Waals surface area contributed by atoms with Crippen molar-refractivity contribution >= 4 is 24.6 Å². The number of ether oxygens (including phenoxy) is 3. The fourth-order valence-corrected chi connectivity index (χ4v) is 2.92. The highest BCUT2D eigenvalue weighted by Crippen LogP contribution is 2.41. The average molecular weight is 375 g/mol. The Balaban J connectivity index is 2.00. The van der Waals surface area contributed by atoms with Crippen LogP contribution in [0.5, 0.6) is 0 Å². The zero-order chi connectivity index (χ0) is 18.3. The van der Waals surface area contributed by atoms with Gasteiger partial charge < -0.3 is 33.9 Å². The van der Waals surface area contributed by atoms with E-state index in [1.165, 1.54) is 20.5 Å². The number of nitrogens with two attached hydrogens (primary N) is 1. The summed E-state index contributed by atoms with van der Waals surface area (Å²) in [5.41, 5.74) is 6.78. The average Bonchev–Trinajstić information content (AvgIpc) is 2.98. The summed E-state index contributed by atoms with van der Waals surface area (Å²) in [6.07, 6.45) is 1.92. The predicted molar refractivity (Wildman–Crippen MR) is 89.0 cm³/mol. The van der Waals surface area contributed by atoms with E-state index in [0.717, 1.165) is 0 Å². The summed E-state index contributed by atoms with van der Waals surface area (Å²) >= 11 is 0. The molecule has 2 aromatic heterocycles. The van der Waals surface area contributed by atoms with Gasteiger partial charge in [-0.1, -0.05) is 0 Å². The van der Waals surface area contributed by atoms with Gasteiger partial charge in [-0.3, -0.25) is 4.57 Å². The fraction of sp³-hybridized carbons (Fsp3) is 0.615. The second-order valence-corrected chi connectivity index (χ2v) is 6.96. The molecule has 2 heterocycles. The quantitative estimate of drug-likeness (QED) is 0.414. The van der Waals surface area contributed by atoms with E-state index in [0.29, 0.717) is 17.7 Å². The van der Waals surface area contributed by atoms with Crippen molar-refractivity contribution in [3.63, 3.8) is 0 Å². The molecule has 0 radical (unpaired) electrons. The number of hydrogen-bond acceptors (Lipinski definition) is 9. The molecule has 0 aliphatic carbocycles. The highest BCUT2D eigenvalue weighted by molar-refractivity contribution is 7.52. The lowest BCUT2D eigenvalue weighted by atomic mass is 10.3. The third kappa shape index (κ3) is 5.70. The van der Waals surface area contributed by atoms with E-state index >= 15 is 0 Å². The van der Waals surface area contributed by atoms with E-state index in [1.807, 2.05) is 0 Å². The number of anilines is 1. The Bertz CT molecular complexity index is 726. The third-order valence-electron chi connectivity index (χ3n) is 3.24. The highest BCUT2D eigenvalue weighted by atomic mass is 31.2. The smallest absolute Gasteiger partial charge is 0.353 e. The first-order valence-electron chi connectivity index (χ1n) is 7.44. The molecule has 1 unspecified atom stereocenters. The number of nitrogen functional groups attached to an aromatic ring is 1. The number of nitrogens with zero attached hydrogens (tertiary/aromatic N) is 4. The lowest BCUT2D eigenvalue weighted by molar-refractivity contribution is 0.00171. The molecule has 0 aromatic carbocycles. The van der Waals surface area contributed by atoms with Gasteiger partial charge in [-0.05, 0) is 0 Å². The molecular formula is C13H22N5O6P. The van der Waals surface area contributed by atoms with E-state index in [-0.39, 0.29) is 25.6 Å². The Hall–Kier alpha value is -1.62. The molecule has 0 aliphatic rings. The lowest BCUT2D eigenvalue weighted by Crippen LogP contribution is -2.26. The summed E-state index contributed by atoms with van der Waals surface area (Å²) in [6, 6.07) is 0. The maximum atomic E-state index is 11.9. The number of imidazole rings is 1. The molecule has 0 saturated heterocycles. The van der Waals surface area contributed by atoms with Gasteiger partial charge in [-0.25, -0.2) is 15.0 Å². The van der Waals surface area contributed by atoms with Crippen LogP contribution in [-0.2, 0) is 29.8 Å². The van der Waals surface area contributed by atoms with Gasteiger partial charge in [0.05, 0.1) is 38.8 Å². The molecule has 2 aromatic rings. The monoisotopic (exact) mass is 375 g/mol. The van der Waals surface area contributed by atoms with Crippen molar-refractivity contribution < 1.29 is 28.2 Å². The number of aromatic nitrogens is 4. The van der Waals surface area contributed by atoms with Gasteiger partial charge in [0, 0.05) is 14.2 Å². The zero-order valence-corrected chi connectivity index (χ0v) is 15.0. The topological polar surface area (TPSA) is 144 Å². The van der Waals surface area contributed by atoms with Crippen LogP contribution in [0.2, 0.25) is 0 Å². The summed E-state index contributed by atoms with van der Waals surface area (Å²) in [7, 11) is -0.889. The van der Waals surface area contributed by atoms with Crippen LogP contribution >= 0.6 is 7.60 Å². The molecule has 0 fully saturated rings. The second-order valence-electron chi connectivity index (χ2n) is 5.16. The van der Waals surface area contributed by atoms with Crippen LogP contribution in [0.3, 0.4) is 0 Å². The SMILES string of the molecule is COCCOP(=O)(O)CO[C@@H](COC)Cn1cnc2c(N)ncnc21. The van der Waals surface area contributed by atoms with Crippen molar-refractivity contribution in [3.8, 4) is 0 Å². The third-order valence-corrected chi connectivity index (χ3v) is 4.30. The Labute approximate surface area is 144 Å². The summed E-state index contributed by atoms with van der Waals surface area (Å²) in [5, 5.41) is 0. The molecule has 0 amide bonds. The molecule has 11 nitrogen and oxygen atoms in total. The highest BCUT2D eigenvalue weighted by Gasteiger charge is 2.23. The van der Waals surface area contributed by atoms with E-state index < -0.39 is 20.0 Å². The number of rotatable bonds is 11. The molecule has 0 spiro atoms. The van der Waals surface area contributed by atoms with Gasteiger partial charge in [-0.2, -0.15) is 0 Å². The Kier molecular flexibility index (Phi) is 7.24. The minimum absolute atomic E-state index is 0.00490. The Morgan fingerprint density at radius 2 is 2.08 bits per heavy atom. The van der Waals surface area contributed by atoms with Crippen LogP contribution in [0, 0.1) is 0 Å². The van der Waals surface area contributed by atoms with Crippen molar-refractivity contribution in [1.82, 2.24) is 19.5 Å². The minimum Gasteiger partial charge on any atom is -0.382 e. The van der Waals surface area contributed by atoms with E-state index in [9.17, 15) is 9.46 Å². The zero-order valence-electron chi connectivity index (χ0n) is 14.1. The maximum Gasteiger partial charge on any atom is 0.353 e. The number of hydrogen-bond donors (Lipinski definition) is 2. The van der Waals surface area contributed by atoms with E-state index in [1.54, 1.807) is 10.9 Å². The normalized spacial score (nSPS) is 15.3. The molecule has 0 saturated carbocycles. The van der Waals surface area contributed by atoms with Crippen molar-refractivity contribution in [2.75, 3.05) is 46.1 Å². The van der Waals surface area contributed by atoms with Crippen LogP contribution in [0.15, 0.2) is 12.7 Å². The van der Waals surface area contributed by atoms with Crippen molar-refractivity contribution in [1.29, 1.82) is 0 Å². The largest absolute Gasteiger partial charge is 0.382 e. The van der Waals surface area contributed by atoms with Gasteiger partial charge in [0.15, 0.2) is 11.5 Å². The summed E-state index contributed by atoms with van der Waals surface area (Å²) in [4.78, 5) is 21.9.